The number of aromatic nitrogens is 2. The summed E-state index contributed by atoms with van der Waals surface area (Å²) in [6.07, 6.45) is 3.54. The molecule has 0 aliphatic carbocycles. The van der Waals surface area contributed by atoms with Crippen molar-refractivity contribution in [1.29, 1.82) is 0 Å². The van der Waals surface area contributed by atoms with Gasteiger partial charge in [-0.05, 0) is 59.4 Å². The lowest BCUT2D eigenvalue weighted by atomic mass is 9.92. The first-order valence-corrected chi connectivity index (χ1v) is 8.93. The van der Waals surface area contributed by atoms with Gasteiger partial charge in [-0.2, -0.15) is 0 Å². The molecule has 1 atom stereocenters. The van der Waals surface area contributed by atoms with Crippen LogP contribution in [0.15, 0.2) is 16.7 Å². The topological polar surface area (TPSA) is 71.5 Å². The zero-order valence-corrected chi connectivity index (χ0v) is 15.5. The maximum atomic E-state index is 13.3. The maximum absolute atomic E-state index is 13.3. The second-order valence-electron chi connectivity index (χ2n) is 7.30. The number of hydrogen-bond donors (Lipinski definition) is 1. The Morgan fingerprint density at radius 1 is 1.36 bits per heavy atom. The number of nitrogens with zero attached hydrogens (tertiary/aromatic N) is 3. The van der Waals surface area contributed by atoms with Crippen LogP contribution in [-0.2, 0) is 0 Å². The summed E-state index contributed by atoms with van der Waals surface area (Å²) in [7, 11) is 0. The van der Waals surface area contributed by atoms with E-state index in [4.69, 9.17) is 4.52 Å². The molecule has 0 bridgehead atoms. The average Bonchev–Trinajstić information content (AvgIpc) is 3.23. The highest BCUT2D eigenvalue weighted by Gasteiger charge is 2.40. The number of likely N-dealkylation sites (tertiary alicyclic amines) is 1. The first kappa shape index (κ1) is 17.7. The van der Waals surface area contributed by atoms with Gasteiger partial charge in [0.1, 0.15) is 5.76 Å². The number of hydrogen-bond acceptors (Lipinski definition) is 4. The minimum Gasteiger partial charge on any atom is -0.396 e. The van der Waals surface area contributed by atoms with Crippen molar-refractivity contribution in [2.45, 2.75) is 58.9 Å². The highest BCUT2D eigenvalue weighted by atomic mass is 16.5. The molecule has 0 unspecified atom stereocenters. The molecule has 0 spiro atoms. The van der Waals surface area contributed by atoms with Crippen LogP contribution in [0.4, 0.5) is 0 Å². The van der Waals surface area contributed by atoms with Crippen molar-refractivity contribution < 1.29 is 14.4 Å². The molecule has 1 saturated heterocycles. The van der Waals surface area contributed by atoms with E-state index in [1.165, 1.54) is 0 Å². The average molecular weight is 345 g/mol. The third-order valence-electron chi connectivity index (χ3n) is 5.37. The zero-order valence-electron chi connectivity index (χ0n) is 15.5. The molecule has 3 rings (SSSR count). The second kappa shape index (κ2) is 6.67. The fraction of sp³-hybridized carbons (Fsp3) is 0.579. The summed E-state index contributed by atoms with van der Waals surface area (Å²) < 4.78 is 7.15. The monoisotopic (exact) mass is 345 g/mol. The van der Waals surface area contributed by atoms with E-state index < -0.39 is 0 Å². The summed E-state index contributed by atoms with van der Waals surface area (Å²) in [6.45, 7) is 8.85. The molecule has 1 aliphatic heterocycles. The third kappa shape index (κ3) is 3.11. The molecule has 1 N–H and O–H groups in total. The van der Waals surface area contributed by atoms with E-state index in [2.05, 4.69) is 12.1 Å². The van der Waals surface area contributed by atoms with Gasteiger partial charge in [-0.1, -0.05) is 5.16 Å². The summed E-state index contributed by atoms with van der Waals surface area (Å²) in [5, 5.41) is 13.3. The molecule has 2 aromatic heterocycles. The second-order valence-corrected chi connectivity index (χ2v) is 7.30. The molecule has 1 amide bonds. The Morgan fingerprint density at radius 2 is 2.12 bits per heavy atom. The van der Waals surface area contributed by atoms with Gasteiger partial charge in [0.25, 0.3) is 5.91 Å². The minimum atomic E-state index is -0.174. The van der Waals surface area contributed by atoms with E-state index in [9.17, 15) is 9.90 Å². The van der Waals surface area contributed by atoms with Gasteiger partial charge in [-0.25, -0.2) is 0 Å². The van der Waals surface area contributed by atoms with Gasteiger partial charge in [-0.15, -0.1) is 0 Å². The predicted molar refractivity (Wildman–Crippen MR) is 95.0 cm³/mol. The Labute approximate surface area is 148 Å². The molecule has 0 saturated carbocycles. The highest BCUT2D eigenvalue weighted by molar-refractivity contribution is 5.96. The quantitative estimate of drug-likeness (QED) is 0.903. The fourth-order valence-electron chi connectivity index (χ4n) is 4.03. The number of aliphatic hydroxyl groups excluding tert-OH is 1. The number of carbonyl (C=O) groups excluding carboxylic acids is 1. The van der Waals surface area contributed by atoms with Crippen molar-refractivity contribution >= 4 is 5.91 Å². The Morgan fingerprint density at radius 3 is 2.76 bits per heavy atom. The van der Waals surface area contributed by atoms with Crippen LogP contribution in [0.1, 0.15) is 60.1 Å². The third-order valence-corrected chi connectivity index (χ3v) is 5.37. The standard InChI is InChI=1S/C19H27N3O3/c1-13-11-16(15(3)22(13)17-12-14(2)25-20-17)18(24)21-9-5-7-19(21,4)8-6-10-23/h11-12,23H,5-10H2,1-4H3/t19-/m1/s1. The largest absolute Gasteiger partial charge is 0.396 e. The van der Waals surface area contributed by atoms with Crippen molar-refractivity contribution in [3.05, 3.63) is 34.8 Å². The van der Waals surface area contributed by atoms with Crippen molar-refractivity contribution in [3.63, 3.8) is 0 Å². The summed E-state index contributed by atoms with van der Waals surface area (Å²) in [5.41, 5.74) is 2.39. The van der Waals surface area contributed by atoms with Crippen LogP contribution in [0.5, 0.6) is 0 Å². The van der Waals surface area contributed by atoms with Crippen LogP contribution in [0.3, 0.4) is 0 Å². The number of amides is 1. The SMILES string of the molecule is Cc1cc(-n2c(C)cc(C(=O)N3CCC[C@]3(C)CCCO)c2C)no1. The van der Waals surface area contributed by atoms with Crippen LogP contribution in [0.2, 0.25) is 0 Å². The van der Waals surface area contributed by atoms with Crippen LogP contribution in [-0.4, -0.2) is 44.3 Å². The Balaban J connectivity index is 1.93. The molecule has 2 aromatic rings. The smallest absolute Gasteiger partial charge is 0.256 e. The molecule has 136 valence electrons. The molecule has 6 heteroatoms. The van der Waals surface area contributed by atoms with E-state index in [0.717, 1.165) is 54.9 Å². The first-order chi connectivity index (χ1) is 11.9. The van der Waals surface area contributed by atoms with E-state index in [1.54, 1.807) is 0 Å². The van der Waals surface area contributed by atoms with Crippen molar-refractivity contribution in [2.75, 3.05) is 13.2 Å². The summed E-state index contributed by atoms with van der Waals surface area (Å²) in [5.74, 6) is 1.51. The number of aryl methyl sites for hydroxylation is 2. The van der Waals surface area contributed by atoms with Gasteiger partial charge in [0.15, 0.2) is 5.82 Å². The maximum Gasteiger partial charge on any atom is 0.256 e. The molecule has 0 radical (unpaired) electrons. The number of aliphatic hydroxyl groups is 1. The Kier molecular flexibility index (Phi) is 4.73. The van der Waals surface area contributed by atoms with Gasteiger partial charge >= 0.3 is 0 Å². The lowest BCUT2D eigenvalue weighted by Gasteiger charge is -2.35. The zero-order chi connectivity index (χ0) is 18.2. The summed E-state index contributed by atoms with van der Waals surface area (Å²) in [4.78, 5) is 15.2. The Bertz CT molecular complexity index is 777. The molecule has 1 aliphatic rings. The predicted octanol–water partition coefficient (Wildman–Crippen LogP) is 3.16. The molecular weight excluding hydrogens is 318 g/mol. The minimum absolute atomic E-state index is 0.0671. The summed E-state index contributed by atoms with van der Waals surface area (Å²) in [6, 6.07) is 3.81. The van der Waals surface area contributed by atoms with E-state index in [-0.39, 0.29) is 18.1 Å². The molecule has 1 fully saturated rings. The highest BCUT2D eigenvalue weighted by Crippen LogP contribution is 2.35. The first-order valence-electron chi connectivity index (χ1n) is 8.93. The van der Waals surface area contributed by atoms with E-state index >= 15 is 0 Å². The molecular formula is C19H27N3O3. The van der Waals surface area contributed by atoms with Gasteiger partial charge in [0.05, 0.1) is 5.56 Å². The molecule has 6 nitrogen and oxygen atoms in total. The van der Waals surface area contributed by atoms with Crippen molar-refractivity contribution in [1.82, 2.24) is 14.6 Å². The van der Waals surface area contributed by atoms with Crippen LogP contribution in [0, 0.1) is 20.8 Å². The number of rotatable bonds is 5. The molecule has 0 aromatic carbocycles. The van der Waals surface area contributed by atoms with Gasteiger partial charge in [0.2, 0.25) is 0 Å². The lowest BCUT2D eigenvalue weighted by molar-refractivity contribution is 0.0594. The molecule has 25 heavy (non-hydrogen) atoms. The van der Waals surface area contributed by atoms with Gasteiger partial charge < -0.3 is 14.5 Å². The van der Waals surface area contributed by atoms with Crippen LogP contribution >= 0.6 is 0 Å². The van der Waals surface area contributed by atoms with Gasteiger partial charge in [0, 0.05) is 36.1 Å². The summed E-state index contributed by atoms with van der Waals surface area (Å²) >= 11 is 0. The van der Waals surface area contributed by atoms with E-state index in [1.807, 2.05) is 42.4 Å². The number of carbonyl (C=O) groups is 1. The van der Waals surface area contributed by atoms with Gasteiger partial charge in [-0.3, -0.25) is 9.36 Å². The Hall–Kier alpha value is -2.08. The van der Waals surface area contributed by atoms with Crippen LogP contribution < -0.4 is 0 Å². The normalized spacial score (nSPS) is 20.4. The van der Waals surface area contributed by atoms with Crippen molar-refractivity contribution in [2.24, 2.45) is 0 Å². The fourth-order valence-corrected chi connectivity index (χ4v) is 4.03. The van der Waals surface area contributed by atoms with Crippen LogP contribution in [0.25, 0.3) is 5.82 Å². The molecule has 3 heterocycles. The lowest BCUT2D eigenvalue weighted by Crippen LogP contribution is -2.45. The van der Waals surface area contributed by atoms with Crippen molar-refractivity contribution in [3.8, 4) is 5.82 Å². The van der Waals surface area contributed by atoms with E-state index in [0.29, 0.717) is 5.82 Å².